The summed E-state index contributed by atoms with van der Waals surface area (Å²) in [5.41, 5.74) is 1.43. The molecule has 1 aliphatic heterocycles. The number of hydrogen-bond acceptors (Lipinski definition) is 2. The zero-order valence-corrected chi connectivity index (χ0v) is 13.7. The van der Waals surface area contributed by atoms with Crippen LogP contribution in [0.3, 0.4) is 0 Å². The van der Waals surface area contributed by atoms with Gasteiger partial charge in [-0.05, 0) is 39.2 Å². The van der Waals surface area contributed by atoms with Gasteiger partial charge in [-0.15, -0.1) is 12.4 Å². The summed E-state index contributed by atoms with van der Waals surface area (Å²) in [5, 5.41) is 0. The van der Waals surface area contributed by atoms with E-state index in [4.69, 9.17) is 4.74 Å². The van der Waals surface area contributed by atoms with Crippen LogP contribution in [0.5, 0.6) is 5.75 Å². The predicted molar refractivity (Wildman–Crippen MR) is 89.5 cm³/mol. The molecular weight excluding hydrogens is 301 g/mol. The second-order valence-electron chi connectivity index (χ2n) is 5.90. The third-order valence-electron chi connectivity index (χ3n) is 4.25. The molecule has 0 saturated carbocycles. The second-order valence-corrected chi connectivity index (χ2v) is 5.90. The van der Waals surface area contributed by atoms with Crippen molar-refractivity contribution in [1.29, 1.82) is 0 Å². The van der Waals surface area contributed by atoms with Crippen molar-refractivity contribution in [3.8, 4) is 5.75 Å². The van der Waals surface area contributed by atoms with Crippen LogP contribution in [0.2, 0.25) is 0 Å². The maximum atomic E-state index is 14.4. The van der Waals surface area contributed by atoms with Crippen LogP contribution in [-0.2, 0) is 5.41 Å². The number of hydrogen-bond donors (Lipinski definition) is 0. The molecule has 0 bridgehead atoms. The van der Waals surface area contributed by atoms with Gasteiger partial charge in [0, 0.05) is 11.1 Å². The first-order valence-corrected chi connectivity index (χ1v) is 7.25. The molecule has 1 heterocycles. The quantitative estimate of drug-likeness (QED) is 0.847. The molecule has 3 rings (SSSR count). The van der Waals surface area contributed by atoms with Crippen LogP contribution in [0, 0.1) is 5.82 Å². The molecule has 1 aliphatic rings. The average molecular weight is 322 g/mol. The van der Waals surface area contributed by atoms with Crippen molar-refractivity contribution in [1.82, 2.24) is 4.90 Å². The zero-order valence-electron chi connectivity index (χ0n) is 12.9. The summed E-state index contributed by atoms with van der Waals surface area (Å²) in [6, 6.07) is 15.0. The molecule has 0 N–H and O–H groups in total. The lowest BCUT2D eigenvalue weighted by Gasteiger charge is -2.30. The van der Waals surface area contributed by atoms with Crippen LogP contribution in [0.25, 0.3) is 0 Å². The number of halogens is 2. The Kier molecular flexibility index (Phi) is 5.09. The van der Waals surface area contributed by atoms with Crippen molar-refractivity contribution >= 4 is 12.4 Å². The smallest absolute Gasteiger partial charge is 0.127 e. The molecule has 22 heavy (non-hydrogen) atoms. The Balaban J connectivity index is 0.00000176. The van der Waals surface area contributed by atoms with E-state index in [-0.39, 0.29) is 18.2 Å². The Morgan fingerprint density at radius 2 is 1.68 bits per heavy atom. The highest BCUT2D eigenvalue weighted by Crippen LogP contribution is 2.46. The van der Waals surface area contributed by atoms with Crippen LogP contribution in [-0.4, -0.2) is 32.1 Å². The molecule has 4 heteroatoms. The molecule has 2 nitrogen and oxygen atoms in total. The van der Waals surface area contributed by atoms with E-state index < -0.39 is 5.41 Å². The molecule has 0 amide bonds. The van der Waals surface area contributed by atoms with Gasteiger partial charge in [0.1, 0.15) is 18.2 Å². The minimum Gasteiger partial charge on any atom is -0.492 e. The van der Waals surface area contributed by atoms with Gasteiger partial charge >= 0.3 is 0 Å². The molecule has 0 fully saturated rings. The number of benzene rings is 2. The van der Waals surface area contributed by atoms with Gasteiger partial charge in [0.25, 0.3) is 0 Å². The number of nitrogens with zero attached hydrogens (tertiary/aromatic N) is 1. The normalized spacial score (nSPS) is 19.5. The number of para-hydroxylation sites is 1. The number of fused-ring (bicyclic) bond motifs is 1. The average Bonchev–Trinajstić information content (AvgIpc) is 2.86. The highest BCUT2D eigenvalue weighted by Gasteiger charge is 2.43. The molecule has 0 aliphatic carbocycles. The summed E-state index contributed by atoms with van der Waals surface area (Å²) in [4.78, 5) is 2.13. The Morgan fingerprint density at radius 3 is 2.36 bits per heavy atom. The minimum absolute atomic E-state index is 0. The van der Waals surface area contributed by atoms with Gasteiger partial charge in [-0.3, -0.25) is 0 Å². The third kappa shape index (κ3) is 2.83. The van der Waals surface area contributed by atoms with E-state index in [0.29, 0.717) is 6.61 Å². The van der Waals surface area contributed by atoms with E-state index >= 15 is 0 Å². The fraction of sp³-hybridized carbons (Fsp3) is 0.333. The summed E-state index contributed by atoms with van der Waals surface area (Å²) in [6.07, 6.45) is 0.831. The van der Waals surface area contributed by atoms with E-state index in [1.165, 1.54) is 6.07 Å². The van der Waals surface area contributed by atoms with Crippen LogP contribution < -0.4 is 4.74 Å². The van der Waals surface area contributed by atoms with Gasteiger partial charge in [0.15, 0.2) is 0 Å². The van der Waals surface area contributed by atoms with Gasteiger partial charge in [-0.2, -0.15) is 0 Å². The highest BCUT2D eigenvalue weighted by atomic mass is 35.5. The lowest BCUT2D eigenvalue weighted by molar-refractivity contribution is 0.257. The van der Waals surface area contributed by atoms with Crippen LogP contribution in [0.4, 0.5) is 4.39 Å². The van der Waals surface area contributed by atoms with E-state index in [1.807, 2.05) is 44.4 Å². The highest BCUT2D eigenvalue weighted by molar-refractivity contribution is 5.85. The monoisotopic (exact) mass is 321 g/mol. The molecule has 2 aromatic rings. The molecular formula is C18H21ClFNO. The van der Waals surface area contributed by atoms with E-state index in [0.717, 1.165) is 29.8 Å². The Morgan fingerprint density at radius 1 is 1.05 bits per heavy atom. The summed E-state index contributed by atoms with van der Waals surface area (Å²) < 4.78 is 20.3. The fourth-order valence-electron chi connectivity index (χ4n) is 3.09. The first-order chi connectivity index (χ1) is 10.1. The Bertz CT molecular complexity index is 646. The minimum atomic E-state index is -0.397. The molecule has 0 radical (unpaired) electrons. The number of ether oxygens (including phenoxy) is 1. The lowest BCUT2D eigenvalue weighted by Crippen LogP contribution is -2.34. The molecule has 1 atom stereocenters. The van der Waals surface area contributed by atoms with E-state index in [1.54, 1.807) is 6.07 Å². The van der Waals surface area contributed by atoms with Crippen molar-refractivity contribution < 1.29 is 9.13 Å². The van der Waals surface area contributed by atoms with Crippen LogP contribution in [0.1, 0.15) is 17.5 Å². The standard InChI is InChI=1S/C18H20FNO.ClH/c1-20(2)12-11-18(14-7-3-5-9-16(14)19)13-21-17-10-6-4-8-15(17)18;/h3-10H,11-13H2,1-2H3;1H. The topological polar surface area (TPSA) is 12.5 Å². The van der Waals surface area contributed by atoms with Crippen molar-refractivity contribution in [2.24, 2.45) is 0 Å². The first-order valence-electron chi connectivity index (χ1n) is 7.25. The summed E-state index contributed by atoms with van der Waals surface area (Å²) in [5.74, 6) is 0.719. The SMILES string of the molecule is CN(C)CCC1(c2ccccc2F)COc2ccccc21.Cl. The molecule has 1 unspecified atom stereocenters. The number of rotatable bonds is 4. The van der Waals surface area contributed by atoms with E-state index in [2.05, 4.69) is 11.0 Å². The van der Waals surface area contributed by atoms with Gasteiger partial charge in [-0.25, -0.2) is 4.39 Å². The van der Waals surface area contributed by atoms with Crippen molar-refractivity contribution in [3.63, 3.8) is 0 Å². The molecule has 0 saturated heterocycles. The van der Waals surface area contributed by atoms with Gasteiger partial charge in [-0.1, -0.05) is 36.4 Å². The molecule has 0 aromatic heterocycles. The molecule has 0 spiro atoms. The van der Waals surface area contributed by atoms with Crippen LogP contribution in [0.15, 0.2) is 48.5 Å². The summed E-state index contributed by atoms with van der Waals surface area (Å²) in [7, 11) is 4.08. The summed E-state index contributed by atoms with van der Waals surface area (Å²) >= 11 is 0. The molecule has 118 valence electrons. The first kappa shape index (κ1) is 16.8. The van der Waals surface area contributed by atoms with Gasteiger partial charge in [0.2, 0.25) is 0 Å². The van der Waals surface area contributed by atoms with Crippen molar-refractivity contribution in [3.05, 3.63) is 65.5 Å². The summed E-state index contributed by atoms with van der Waals surface area (Å²) in [6.45, 7) is 1.38. The maximum absolute atomic E-state index is 14.4. The van der Waals surface area contributed by atoms with Crippen molar-refractivity contribution in [2.75, 3.05) is 27.2 Å². The second kappa shape index (κ2) is 6.67. The Labute approximate surface area is 137 Å². The van der Waals surface area contributed by atoms with Crippen LogP contribution >= 0.6 is 12.4 Å². The zero-order chi connectivity index (χ0) is 14.9. The Hall–Kier alpha value is -1.58. The lowest BCUT2D eigenvalue weighted by atomic mass is 9.73. The van der Waals surface area contributed by atoms with E-state index in [9.17, 15) is 4.39 Å². The molecule has 2 aromatic carbocycles. The predicted octanol–water partition coefficient (Wildman–Crippen LogP) is 3.88. The van der Waals surface area contributed by atoms with Crippen molar-refractivity contribution in [2.45, 2.75) is 11.8 Å². The van der Waals surface area contributed by atoms with Gasteiger partial charge in [0.05, 0.1) is 5.41 Å². The maximum Gasteiger partial charge on any atom is 0.127 e. The largest absolute Gasteiger partial charge is 0.492 e. The third-order valence-corrected chi connectivity index (χ3v) is 4.25. The fourth-order valence-corrected chi connectivity index (χ4v) is 3.09. The van der Waals surface area contributed by atoms with Gasteiger partial charge < -0.3 is 9.64 Å².